The molecule has 1 saturated heterocycles. The number of hydrogen-bond donors (Lipinski definition) is 2. The van der Waals surface area contributed by atoms with Gasteiger partial charge in [-0.3, -0.25) is 9.69 Å². The lowest BCUT2D eigenvalue weighted by atomic mass is 10.0. The second-order valence-corrected chi connectivity index (χ2v) is 6.15. The Labute approximate surface area is 127 Å². The number of carbonyl (C=O) groups is 1. The van der Waals surface area contributed by atoms with Gasteiger partial charge < -0.3 is 11.1 Å². The van der Waals surface area contributed by atoms with E-state index in [-0.39, 0.29) is 17.9 Å². The number of nitrogens with two attached hydrogens (primary N) is 1. The Kier molecular flexibility index (Phi) is 5.76. The molecule has 3 N–H and O–H groups in total. The number of amides is 1. The molecule has 1 heterocycles. The largest absolute Gasteiger partial charge is 0.354 e. The van der Waals surface area contributed by atoms with Crippen molar-refractivity contribution < 1.29 is 4.79 Å². The lowest BCUT2D eigenvalue weighted by Crippen LogP contribution is -2.44. The van der Waals surface area contributed by atoms with E-state index in [1.807, 2.05) is 19.9 Å². The van der Waals surface area contributed by atoms with Gasteiger partial charge in [-0.2, -0.15) is 0 Å². The van der Waals surface area contributed by atoms with E-state index in [1.165, 1.54) is 12.0 Å². The first kappa shape index (κ1) is 16.0. The van der Waals surface area contributed by atoms with Crippen LogP contribution in [-0.2, 0) is 11.3 Å². The number of nitrogens with one attached hydrogen (secondary N) is 1. The fourth-order valence-electron chi connectivity index (χ4n) is 2.77. The molecule has 1 amide bonds. The van der Waals surface area contributed by atoms with Gasteiger partial charge in [0, 0.05) is 31.1 Å². The van der Waals surface area contributed by atoms with Gasteiger partial charge in [0.1, 0.15) is 0 Å². The average Bonchev–Trinajstić information content (AvgIpc) is 2.92. The van der Waals surface area contributed by atoms with Gasteiger partial charge in [0.05, 0.1) is 0 Å². The summed E-state index contributed by atoms with van der Waals surface area (Å²) in [5, 5.41) is 3.06. The predicted octanol–water partition coefficient (Wildman–Crippen LogP) is 1.75. The molecule has 1 fully saturated rings. The summed E-state index contributed by atoms with van der Waals surface area (Å²) in [6.45, 7) is 6.56. The van der Waals surface area contributed by atoms with E-state index in [1.54, 1.807) is 0 Å². The molecule has 3 atom stereocenters. The molecule has 0 saturated carbocycles. The minimum atomic E-state index is -0.131. The zero-order valence-electron chi connectivity index (χ0n) is 13.1. The highest BCUT2D eigenvalue weighted by atomic mass is 16.1. The molecular formula is C17H27N3O. The third-order valence-corrected chi connectivity index (χ3v) is 4.44. The molecule has 4 nitrogen and oxygen atoms in total. The van der Waals surface area contributed by atoms with E-state index in [0.29, 0.717) is 6.04 Å². The maximum Gasteiger partial charge on any atom is 0.224 e. The Bertz CT molecular complexity index is 447. The first-order valence-electron chi connectivity index (χ1n) is 7.89. The van der Waals surface area contributed by atoms with Gasteiger partial charge in [0.25, 0.3) is 0 Å². The van der Waals surface area contributed by atoms with E-state index in [2.05, 4.69) is 34.5 Å². The van der Waals surface area contributed by atoms with Crippen LogP contribution in [0.5, 0.6) is 0 Å². The fraction of sp³-hybridized carbons (Fsp3) is 0.588. The summed E-state index contributed by atoms with van der Waals surface area (Å²) in [6, 6.07) is 10.8. The van der Waals surface area contributed by atoms with Gasteiger partial charge in [-0.1, -0.05) is 37.3 Å². The third kappa shape index (κ3) is 4.55. The monoisotopic (exact) mass is 289 g/mol. The van der Waals surface area contributed by atoms with Crippen LogP contribution in [0.25, 0.3) is 0 Å². The lowest BCUT2D eigenvalue weighted by Gasteiger charge is -2.25. The van der Waals surface area contributed by atoms with E-state index in [0.717, 1.165) is 26.1 Å². The van der Waals surface area contributed by atoms with Crippen molar-refractivity contribution in [2.45, 2.75) is 45.3 Å². The van der Waals surface area contributed by atoms with Gasteiger partial charge in [0.15, 0.2) is 0 Å². The van der Waals surface area contributed by atoms with Crippen LogP contribution in [0.2, 0.25) is 0 Å². The standard InChI is InChI=1S/C17H27N3O/c1-13(14(2)18)17(21)19-11-16-9-6-10-20(16)12-15-7-4-3-5-8-15/h3-5,7-8,13-14,16H,6,9-12,18H2,1-2H3,(H,19,21). The van der Waals surface area contributed by atoms with E-state index < -0.39 is 0 Å². The fourth-order valence-corrected chi connectivity index (χ4v) is 2.77. The molecule has 1 aliphatic heterocycles. The second kappa shape index (κ2) is 7.57. The Morgan fingerprint density at radius 1 is 1.38 bits per heavy atom. The molecule has 1 aliphatic rings. The van der Waals surface area contributed by atoms with Crippen LogP contribution in [0.3, 0.4) is 0 Å². The van der Waals surface area contributed by atoms with Crippen LogP contribution < -0.4 is 11.1 Å². The highest BCUT2D eigenvalue weighted by molar-refractivity contribution is 5.78. The molecule has 1 aromatic rings. The zero-order chi connectivity index (χ0) is 15.2. The SMILES string of the molecule is CC(N)C(C)C(=O)NCC1CCCN1Cc1ccccc1. The van der Waals surface area contributed by atoms with Crippen molar-refractivity contribution in [3.8, 4) is 0 Å². The number of hydrogen-bond acceptors (Lipinski definition) is 3. The van der Waals surface area contributed by atoms with Crippen molar-refractivity contribution in [2.75, 3.05) is 13.1 Å². The number of benzene rings is 1. The van der Waals surface area contributed by atoms with E-state index in [9.17, 15) is 4.79 Å². The van der Waals surface area contributed by atoms with Crippen LogP contribution in [0.15, 0.2) is 30.3 Å². The Morgan fingerprint density at radius 3 is 2.76 bits per heavy atom. The van der Waals surface area contributed by atoms with Crippen molar-refractivity contribution >= 4 is 5.91 Å². The van der Waals surface area contributed by atoms with Crippen LogP contribution in [0, 0.1) is 5.92 Å². The molecule has 21 heavy (non-hydrogen) atoms. The van der Waals surface area contributed by atoms with Gasteiger partial charge in [0.2, 0.25) is 5.91 Å². The van der Waals surface area contributed by atoms with Gasteiger partial charge in [-0.25, -0.2) is 0 Å². The highest BCUT2D eigenvalue weighted by Crippen LogP contribution is 2.19. The molecule has 0 radical (unpaired) electrons. The van der Waals surface area contributed by atoms with Crippen LogP contribution in [0.1, 0.15) is 32.3 Å². The Balaban J connectivity index is 1.83. The van der Waals surface area contributed by atoms with Crippen molar-refractivity contribution in [1.29, 1.82) is 0 Å². The normalized spacial score (nSPS) is 22.0. The zero-order valence-corrected chi connectivity index (χ0v) is 13.1. The lowest BCUT2D eigenvalue weighted by molar-refractivity contribution is -0.125. The number of likely N-dealkylation sites (tertiary alicyclic amines) is 1. The molecule has 1 aromatic carbocycles. The summed E-state index contributed by atoms with van der Waals surface area (Å²) in [5.74, 6) is -0.0643. The minimum Gasteiger partial charge on any atom is -0.354 e. The Hall–Kier alpha value is -1.39. The summed E-state index contributed by atoms with van der Waals surface area (Å²) in [6.07, 6.45) is 2.36. The quantitative estimate of drug-likeness (QED) is 0.839. The summed E-state index contributed by atoms with van der Waals surface area (Å²) in [5.41, 5.74) is 7.11. The summed E-state index contributed by atoms with van der Waals surface area (Å²) in [4.78, 5) is 14.5. The number of carbonyl (C=O) groups excluding carboxylic acids is 1. The van der Waals surface area contributed by atoms with Gasteiger partial charge in [-0.05, 0) is 31.9 Å². The molecule has 116 valence electrons. The highest BCUT2D eigenvalue weighted by Gasteiger charge is 2.26. The van der Waals surface area contributed by atoms with Crippen LogP contribution in [-0.4, -0.2) is 36.0 Å². The molecule has 3 unspecified atom stereocenters. The number of nitrogens with zero attached hydrogens (tertiary/aromatic N) is 1. The van der Waals surface area contributed by atoms with Crippen molar-refractivity contribution in [3.63, 3.8) is 0 Å². The van der Waals surface area contributed by atoms with E-state index >= 15 is 0 Å². The smallest absolute Gasteiger partial charge is 0.224 e. The van der Waals surface area contributed by atoms with Crippen molar-refractivity contribution in [3.05, 3.63) is 35.9 Å². The Morgan fingerprint density at radius 2 is 2.10 bits per heavy atom. The molecule has 0 aromatic heterocycles. The minimum absolute atomic E-state index is 0.0663. The molecule has 4 heteroatoms. The molecule has 0 aliphatic carbocycles. The van der Waals surface area contributed by atoms with Gasteiger partial charge in [-0.15, -0.1) is 0 Å². The first-order chi connectivity index (χ1) is 10.1. The topological polar surface area (TPSA) is 58.4 Å². The molecular weight excluding hydrogens is 262 g/mol. The van der Waals surface area contributed by atoms with Crippen molar-refractivity contribution in [1.82, 2.24) is 10.2 Å². The van der Waals surface area contributed by atoms with E-state index in [4.69, 9.17) is 5.73 Å². The van der Waals surface area contributed by atoms with Crippen LogP contribution in [0.4, 0.5) is 0 Å². The number of rotatable bonds is 6. The summed E-state index contributed by atoms with van der Waals surface area (Å²) >= 11 is 0. The maximum atomic E-state index is 12.0. The molecule has 0 spiro atoms. The van der Waals surface area contributed by atoms with Gasteiger partial charge >= 0.3 is 0 Å². The van der Waals surface area contributed by atoms with Crippen molar-refractivity contribution in [2.24, 2.45) is 11.7 Å². The average molecular weight is 289 g/mol. The first-order valence-corrected chi connectivity index (χ1v) is 7.89. The molecule has 2 rings (SSSR count). The summed E-state index contributed by atoms with van der Waals surface area (Å²) in [7, 11) is 0. The third-order valence-electron chi connectivity index (χ3n) is 4.44. The summed E-state index contributed by atoms with van der Waals surface area (Å²) < 4.78 is 0. The molecule has 0 bridgehead atoms. The second-order valence-electron chi connectivity index (χ2n) is 6.15. The predicted molar refractivity (Wildman–Crippen MR) is 85.7 cm³/mol. The van der Waals surface area contributed by atoms with Crippen LogP contribution >= 0.6 is 0 Å². The maximum absolute atomic E-state index is 12.0.